The van der Waals surface area contributed by atoms with E-state index in [9.17, 15) is 9.90 Å². The zero-order valence-corrected chi connectivity index (χ0v) is 12.1. The summed E-state index contributed by atoms with van der Waals surface area (Å²) in [6.07, 6.45) is 0.698. The molecule has 0 spiro atoms. The van der Waals surface area contributed by atoms with Gasteiger partial charge in [0.15, 0.2) is 0 Å². The first kappa shape index (κ1) is 15.4. The lowest BCUT2D eigenvalue weighted by Crippen LogP contribution is -2.25. The van der Waals surface area contributed by atoms with E-state index < -0.39 is 0 Å². The van der Waals surface area contributed by atoms with Crippen LogP contribution in [0.1, 0.15) is 21.5 Å². The van der Waals surface area contributed by atoms with Crippen LogP contribution in [0.25, 0.3) is 0 Å². The fraction of sp³-hybridized carbons (Fsp3) is 0.188. The molecule has 21 heavy (non-hydrogen) atoms. The normalized spacial score (nSPS) is 10.4. The Labute approximate surface area is 128 Å². The molecule has 0 bridgehead atoms. The summed E-state index contributed by atoms with van der Waals surface area (Å²) in [5.41, 5.74) is 2.35. The van der Waals surface area contributed by atoms with Crippen LogP contribution in [0.15, 0.2) is 42.5 Å². The van der Waals surface area contributed by atoms with Crippen LogP contribution in [0.3, 0.4) is 0 Å². The first-order valence-corrected chi connectivity index (χ1v) is 6.93. The van der Waals surface area contributed by atoms with Crippen molar-refractivity contribution in [2.75, 3.05) is 6.54 Å². The van der Waals surface area contributed by atoms with Crippen molar-refractivity contribution in [2.24, 2.45) is 0 Å². The SMILES string of the molecule is O=C(NCCc1ccc(CO)cc1)c1ccc(O)c(Cl)c1. The first-order chi connectivity index (χ1) is 10.1. The van der Waals surface area contributed by atoms with E-state index in [1.807, 2.05) is 24.3 Å². The van der Waals surface area contributed by atoms with E-state index in [-0.39, 0.29) is 23.3 Å². The molecule has 0 aliphatic rings. The van der Waals surface area contributed by atoms with Gasteiger partial charge in [0, 0.05) is 12.1 Å². The van der Waals surface area contributed by atoms with Crippen molar-refractivity contribution in [1.82, 2.24) is 5.32 Å². The van der Waals surface area contributed by atoms with Crippen LogP contribution in [-0.2, 0) is 13.0 Å². The lowest BCUT2D eigenvalue weighted by atomic mass is 10.1. The monoisotopic (exact) mass is 305 g/mol. The quantitative estimate of drug-likeness (QED) is 0.795. The number of rotatable bonds is 5. The van der Waals surface area contributed by atoms with Gasteiger partial charge < -0.3 is 15.5 Å². The van der Waals surface area contributed by atoms with Gasteiger partial charge in [-0.25, -0.2) is 0 Å². The Bertz CT molecular complexity index is 626. The lowest BCUT2D eigenvalue weighted by Gasteiger charge is -2.07. The summed E-state index contributed by atoms with van der Waals surface area (Å²) in [5, 5.41) is 21.2. The van der Waals surface area contributed by atoms with Gasteiger partial charge in [-0.15, -0.1) is 0 Å². The molecule has 0 unspecified atom stereocenters. The molecule has 0 radical (unpaired) electrons. The second-order valence-corrected chi connectivity index (χ2v) is 5.05. The summed E-state index contributed by atoms with van der Waals surface area (Å²) in [7, 11) is 0. The third-order valence-corrected chi connectivity index (χ3v) is 3.42. The zero-order chi connectivity index (χ0) is 15.2. The lowest BCUT2D eigenvalue weighted by molar-refractivity contribution is 0.0954. The number of benzene rings is 2. The Balaban J connectivity index is 1.87. The van der Waals surface area contributed by atoms with Crippen LogP contribution in [0.2, 0.25) is 5.02 Å². The summed E-state index contributed by atoms with van der Waals surface area (Å²) in [5.74, 6) is -0.277. The van der Waals surface area contributed by atoms with E-state index in [0.29, 0.717) is 18.5 Å². The minimum absolute atomic E-state index is 0.0264. The fourth-order valence-corrected chi connectivity index (χ4v) is 2.06. The maximum Gasteiger partial charge on any atom is 0.251 e. The van der Waals surface area contributed by atoms with E-state index >= 15 is 0 Å². The maximum absolute atomic E-state index is 11.9. The van der Waals surface area contributed by atoms with Crippen LogP contribution < -0.4 is 5.32 Å². The highest BCUT2D eigenvalue weighted by Gasteiger charge is 2.07. The van der Waals surface area contributed by atoms with E-state index in [4.69, 9.17) is 16.7 Å². The number of aromatic hydroxyl groups is 1. The van der Waals surface area contributed by atoms with Crippen molar-refractivity contribution in [2.45, 2.75) is 13.0 Å². The van der Waals surface area contributed by atoms with Crippen molar-refractivity contribution < 1.29 is 15.0 Å². The highest BCUT2D eigenvalue weighted by Crippen LogP contribution is 2.23. The highest BCUT2D eigenvalue weighted by molar-refractivity contribution is 6.32. The average molecular weight is 306 g/mol. The summed E-state index contributed by atoms with van der Waals surface area (Å²) in [6, 6.07) is 11.9. The molecule has 1 amide bonds. The molecule has 0 aliphatic heterocycles. The molecular formula is C16H16ClNO3. The van der Waals surface area contributed by atoms with E-state index in [0.717, 1.165) is 11.1 Å². The molecule has 0 aromatic heterocycles. The fourth-order valence-electron chi connectivity index (χ4n) is 1.88. The number of nitrogens with one attached hydrogen (secondary N) is 1. The van der Waals surface area contributed by atoms with Gasteiger partial charge in [-0.2, -0.15) is 0 Å². The molecule has 2 rings (SSSR count). The molecule has 0 saturated heterocycles. The number of aliphatic hydroxyl groups excluding tert-OH is 1. The van der Waals surface area contributed by atoms with Gasteiger partial charge in [0.2, 0.25) is 0 Å². The van der Waals surface area contributed by atoms with Gasteiger partial charge in [-0.3, -0.25) is 4.79 Å². The molecule has 2 aromatic rings. The van der Waals surface area contributed by atoms with Gasteiger partial charge in [0.05, 0.1) is 11.6 Å². The third kappa shape index (κ3) is 4.21. The van der Waals surface area contributed by atoms with Crippen LogP contribution >= 0.6 is 11.6 Å². The summed E-state index contributed by atoms with van der Waals surface area (Å²) >= 11 is 5.77. The average Bonchev–Trinajstić information content (AvgIpc) is 2.50. The smallest absolute Gasteiger partial charge is 0.251 e. The molecule has 5 heteroatoms. The molecular weight excluding hydrogens is 290 g/mol. The predicted molar refractivity (Wildman–Crippen MR) is 81.5 cm³/mol. The van der Waals surface area contributed by atoms with Crippen LogP contribution in [0.4, 0.5) is 0 Å². The van der Waals surface area contributed by atoms with E-state index in [1.165, 1.54) is 18.2 Å². The van der Waals surface area contributed by atoms with E-state index in [1.54, 1.807) is 0 Å². The van der Waals surface area contributed by atoms with Gasteiger partial charge in [0.25, 0.3) is 5.91 Å². The van der Waals surface area contributed by atoms with Crippen molar-refractivity contribution in [1.29, 1.82) is 0 Å². The molecule has 4 nitrogen and oxygen atoms in total. The number of phenols is 1. The predicted octanol–water partition coefficient (Wildman–Crippen LogP) is 2.51. The Morgan fingerprint density at radius 2 is 1.76 bits per heavy atom. The Morgan fingerprint density at radius 3 is 2.38 bits per heavy atom. The maximum atomic E-state index is 11.9. The van der Waals surface area contributed by atoms with Crippen molar-refractivity contribution >= 4 is 17.5 Å². The number of hydrogen-bond donors (Lipinski definition) is 3. The molecule has 0 saturated carbocycles. The zero-order valence-electron chi connectivity index (χ0n) is 11.3. The van der Waals surface area contributed by atoms with Crippen molar-refractivity contribution in [3.63, 3.8) is 0 Å². The third-order valence-electron chi connectivity index (χ3n) is 3.11. The molecule has 110 valence electrons. The van der Waals surface area contributed by atoms with Gasteiger partial charge >= 0.3 is 0 Å². The Kier molecular flexibility index (Phi) is 5.20. The van der Waals surface area contributed by atoms with Crippen LogP contribution in [0.5, 0.6) is 5.75 Å². The van der Waals surface area contributed by atoms with E-state index in [2.05, 4.69) is 5.32 Å². The van der Waals surface area contributed by atoms with Gasteiger partial charge in [0.1, 0.15) is 5.75 Å². The molecule has 3 N–H and O–H groups in total. The number of halogens is 1. The number of hydrogen-bond acceptors (Lipinski definition) is 3. The minimum atomic E-state index is -0.233. The molecule has 0 atom stereocenters. The number of carbonyl (C=O) groups is 1. The summed E-state index contributed by atoms with van der Waals surface area (Å²) < 4.78 is 0. The largest absolute Gasteiger partial charge is 0.506 e. The second-order valence-electron chi connectivity index (χ2n) is 4.65. The van der Waals surface area contributed by atoms with Crippen molar-refractivity contribution in [3.05, 3.63) is 64.2 Å². The standard InChI is InChI=1S/C16H16ClNO3/c17-14-9-13(5-6-15(14)20)16(21)18-8-7-11-1-3-12(10-19)4-2-11/h1-6,9,19-20H,7-8,10H2,(H,18,21). The number of phenolic OH excluding ortho intramolecular Hbond substituents is 1. The first-order valence-electron chi connectivity index (χ1n) is 6.55. The molecule has 0 fully saturated rings. The second kappa shape index (κ2) is 7.11. The number of carbonyl (C=O) groups excluding carboxylic acids is 1. The van der Waals surface area contributed by atoms with Gasteiger partial charge in [-0.1, -0.05) is 35.9 Å². The highest BCUT2D eigenvalue weighted by atomic mass is 35.5. The number of aliphatic hydroxyl groups is 1. The molecule has 0 aliphatic carbocycles. The Hall–Kier alpha value is -2.04. The summed E-state index contributed by atoms with van der Waals surface area (Å²) in [4.78, 5) is 11.9. The van der Waals surface area contributed by atoms with Crippen LogP contribution in [-0.4, -0.2) is 22.7 Å². The van der Waals surface area contributed by atoms with Gasteiger partial charge in [-0.05, 0) is 35.7 Å². The topological polar surface area (TPSA) is 69.6 Å². The summed E-state index contributed by atoms with van der Waals surface area (Å²) in [6.45, 7) is 0.522. The minimum Gasteiger partial charge on any atom is -0.506 e. The number of amides is 1. The molecule has 2 aromatic carbocycles. The van der Waals surface area contributed by atoms with Crippen LogP contribution in [0, 0.1) is 0 Å². The molecule has 0 heterocycles. The Morgan fingerprint density at radius 1 is 1.10 bits per heavy atom. The van der Waals surface area contributed by atoms with Crippen molar-refractivity contribution in [3.8, 4) is 5.75 Å².